The van der Waals surface area contributed by atoms with Gasteiger partial charge in [0.05, 0.1) is 0 Å². The van der Waals surface area contributed by atoms with Gasteiger partial charge in [0.2, 0.25) is 5.78 Å². The normalized spacial score (nSPS) is 25.8. The minimum Gasteiger partial charge on any atom is -0.355 e. The Morgan fingerprint density at radius 3 is 2.71 bits per heavy atom. The maximum atomic E-state index is 12.6. The van der Waals surface area contributed by atoms with Gasteiger partial charge in [0, 0.05) is 32.3 Å². The summed E-state index contributed by atoms with van der Waals surface area (Å²) in [5.41, 5.74) is -0.190. The molecule has 1 aliphatic heterocycles. The number of ketones is 1. The smallest absolute Gasteiger partial charge is 0.211 e. The third kappa shape index (κ3) is 2.11. The fraction of sp³-hybridized carbons (Fsp3) is 0.462. The molecule has 1 unspecified atom stereocenters. The Morgan fingerprint density at radius 2 is 2.12 bits per heavy atom. The first-order chi connectivity index (χ1) is 8.20. The molecule has 17 heavy (non-hydrogen) atoms. The summed E-state index contributed by atoms with van der Waals surface area (Å²) in [6.07, 6.45) is 0. The van der Waals surface area contributed by atoms with Gasteiger partial charge in [-0.25, -0.2) is 0 Å². The number of nitrogens with one attached hydrogen (secondary N) is 1. The van der Waals surface area contributed by atoms with Crippen molar-refractivity contribution in [2.45, 2.75) is 5.72 Å². The Balaban J connectivity index is 2.32. The second kappa shape index (κ2) is 4.96. The summed E-state index contributed by atoms with van der Waals surface area (Å²) in [6, 6.07) is 9.29. The molecule has 4 nitrogen and oxygen atoms in total. The maximum Gasteiger partial charge on any atom is 0.211 e. The lowest BCUT2D eigenvalue weighted by Gasteiger charge is -2.42. The standard InChI is InChI=1S/C13H18N2O2/c1-15-9-8-14-10-13(15,17-2)12(16)11-6-4-3-5-7-11/h3-7,14H,8-10H2,1-2H3. The van der Waals surface area contributed by atoms with Crippen LogP contribution in [0.2, 0.25) is 0 Å². The summed E-state index contributed by atoms with van der Waals surface area (Å²) in [5.74, 6) is 0.00954. The number of benzene rings is 1. The molecular weight excluding hydrogens is 216 g/mol. The zero-order valence-electron chi connectivity index (χ0n) is 10.3. The number of likely N-dealkylation sites (N-methyl/N-ethyl adjacent to an activating group) is 1. The number of carbonyl (C=O) groups is 1. The Hall–Kier alpha value is -1.23. The number of hydrogen-bond donors (Lipinski definition) is 1. The van der Waals surface area contributed by atoms with Crippen LogP contribution in [0.5, 0.6) is 0 Å². The number of carbonyl (C=O) groups excluding carboxylic acids is 1. The van der Waals surface area contributed by atoms with Crippen molar-refractivity contribution in [3.8, 4) is 0 Å². The lowest BCUT2D eigenvalue weighted by molar-refractivity contribution is -0.102. The highest BCUT2D eigenvalue weighted by Gasteiger charge is 2.44. The molecular formula is C13H18N2O2. The van der Waals surface area contributed by atoms with Crippen LogP contribution < -0.4 is 5.32 Å². The molecule has 4 heteroatoms. The first kappa shape index (κ1) is 12.2. The SMILES string of the molecule is COC1(C(=O)c2ccccc2)CNCCN1C. The third-order valence-electron chi connectivity index (χ3n) is 3.33. The fourth-order valence-corrected chi connectivity index (χ4v) is 2.21. The number of hydrogen-bond acceptors (Lipinski definition) is 4. The summed E-state index contributed by atoms with van der Waals surface area (Å²) < 4.78 is 5.52. The zero-order chi connectivity index (χ0) is 12.3. The summed E-state index contributed by atoms with van der Waals surface area (Å²) >= 11 is 0. The molecule has 1 aromatic carbocycles. The Labute approximate surface area is 102 Å². The van der Waals surface area contributed by atoms with Crippen molar-refractivity contribution >= 4 is 5.78 Å². The van der Waals surface area contributed by atoms with Crippen molar-refractivity contribution in [3.63, 3.8) is 0 Å². The van der Waals surface area contributed by atoms with Crippen LogP contribution in [0.3, 0.4) is 0 Å². The lowest BCUT2D eigenvalue weighted by Crippen LogP contribution is -2.65. The van der Waals surface area contributed by atoms with Crippen LogP contribution in [-0.2, 0) is 4.74 Å². The van der Waals surface area contributed by atoms with E-state index in [0.717, 1.165) is 13.1 Å². The van der Waals surface area contributed by atoms with E-state index in [9.17, 15) is 4.79 Å². The number of piperazine rings is 1. The molecule has 0 spiro atoms. The van der Waals surface area contributed by atoms with Crippen molar-refractivity contribution in [1.82, 2.24) is 10.2 Å². The Bertz CT molecular complexity index is 394. The Morgan fingerprint density at radius 1 is 1.41 bits per heavy atom. The lowest BCUT2D eigenvalue weighted by atomic mass is 9.97. The van der Waals surface area contributed by atoms with Gasteiger partial charge >= 0.3 is 0 Å². The number of rotatable bonds is 3. The number of methoxy groups -OCH3 is 1. The largest absolute Gasteiger partial charge is 0.355 e. The average Bonchev–Trinajstić information content (AvgIpc) is 2.40. The van der Waals surface area contributed by atoms with Crippen molar-refractivity contribution in [1.29, 1.82) is 0 Å². The minimum absolute atomic E-state index is 0.00954. The number of nitrogens with zero attached hydrogens (tertiary/aromatic N) is 1. The second-order valence-corrected chi connectivity index (χ2v) is 4.28. The summed E-state index contributed by atoms with van der Waals surface area (Å²) in [5, 5.41) is 3.22. The molecule has 1 saturated heterocycles. The van der Waals surface area contributed by atoms with Gasteiger partial charge in [0.15, 0.2) is 5.72 Å². The molecule has 1 fully saturated rings. The first-order valence-corrected chi connectivity index (χ1v) is 5.77. The molecule has 92 valence electrons. The van der Waals surface area contributed by atoms with E-state index < -0.39 is 5.72 Å². The van der Waals surface area contributed by atoms with Gasteiger partial charge < -0.3 is 10.1 Å². The molecule has 0 bridgehead atoms. The van der Waals surface area contributed by atoms with Crippen LogP contribution >= 0.6 is 0 Å². The fourth-order valence-electron chi connectivity index (χ4n) is 2.21. The average molecular weight is 234 g/mol. The molecule has 1 aliphatic rings. The zero-order valence-corrected chi connectivity index (χ0v) is 10.3. The van der Waals surface area contributed by atoms with Crippen molar-refractivity contribution < 1.29 is 9.53 Å². The van der Waals surface area contributed by atoms with E-state index in [1.165, 1.54) is 0 Å². The molecule has 1 heterocycles. The summed E-state index contributed by atoms with van der Waals surface area (Å²) in [6.45, 7) is 2.20. The predicted molar refractivity (Wildman–Crippen MR) is 66.0 cm³/mol. The van der Waals surface area contributed by atoms with E-state index in [1.54, 1.807) is 7.11 Å². The van der Waals surface area contributed by atoms with E-state index in [4.69, 9.17) is 4.74 Å². The molecule has 1 atom stereocenters. The van der Waals surface area contributed by atoms with E-state index >= 15 is 0 Å². The highest BCUT2D eigenvalue weighted by atomic mass is 16.5. The highest BCUT2D eigenvalue weighted by Crippen LogP contribution is 2.22. The molecule has 0 amide bonds. The number of Topliss-reactive ketones (excluding diaryl/α,β-unsaturated/α-hetero) is 1. The van der Waals surface area contributed by atoms with Crippen molar-refractivity contribution in [3.05, 3.63) is 35.9 Å². The van der Waals surface area contributed by atoms with Crippen LogP contribution in [0.4, 0.5) is 0 Å². The van der Waals surface area contributed by atoms with Gasteiger partial charge in [-0.1, -0.05) is 30.3 Å². The summed E-state index contributed by atoms with van der Waals surface area (Å²) in [7, 11) is 3.51. The van der Waals surface area contributed by atoms with Gasteiger partial charge in [0.25, 0.3) is 0 Å². The predicted octanol–water partition coefficient (Wildman–Crippen LogP) is 0.747. The second-order valence-electron chi connectivity index (χ2n) is 4.28. The molecule has 0 radical (unpaired) electrons. The minimum atomic E-state index is -0.875. The molecule has 1 aromatic rings. The molecule has 0 aliphatic carbocycles. The van der Waals surface area contributed by atoms with Crippen molar-refractivity contribution in [2.75, 3.05) is 33.8 Å². The molecule has 0 aromatic heterocycles. The maximum absolute atomic E-state index is 12.6. The topological polar surface area (TPSA) is 41.6 Å². The highest BCUT2D eigenvalue weighted by molar-refractivity contribution is 6.02. The van der Waals surface area contributed by atoms with Gasteiger partial charge in [-0.05, 0) is 7.05 Å². The molecule has 2 rings (SSSR count). The van der Waals surface area contributed by atoms with Gasteiger partial charge in [-0.2, -0.15) is 0 Å². The quantitative estimate of drug-likeness (QED) is 0.784. The van der Waals surface area contributed by atoms with E-state index in [-0.39, 0.29) is 5.78 Å². The van der Waals surface area contributed by atoms with E-state index in [1.807, 2.05) is 42.3 Å². The van der Waals surface area contributed by atoms with Crippen LogP contribution in [0, 0.1) is 0 Å². The molecule has 1 N–H and O–H groups in total. The third-order valence-corrected chi connectivity index (χ3v) is 3.33. The van der Waals surface area contributed by atoms with Crippen LogP contribution in [0.15, 0.2) is 30.3 Å². The van der Waals surface area contributed by atoms with Gasteiger partial charge in [-0.3, -0.25) is 9.69 Å². The monoisotopic (exact) mass is 234 g/mol. The van der Waals surface area contributed by atoms with Gasteiger partial charge in [-0.15, -0.1) is 0 Å². The Kier molecular flexibility index (Phi) is 3.57. The molecule has 0 saturated carbocycles. The first-order valence-electron chi connectivity index (χ1n) is 5.77. The van der Waals surface area contributed by atoms with Crippen molar-refractivity contribution in [2.24, 2.45) is 0 Å². The number of ether oxygens (including phenoxy) is 1. The van der Waals surface area contributed by atoms with E-state index in [2.05, 4.69) is 5.32 Å². The van der Waals surface area contributed by atoms with Crippen LogP contribution in [0.1, 0.15) is 10.4 Å². The summed E-state index contributed by atoms with van der Waals surface area (Å²) in [4.78, 5) is 14.5. The van der Waals surface area contributed by atoms with E-state index in [0.29, 0.717) is 12.1 Å². The van der Waals surface area contributed by atoms with Crippen LogP contribution in [-0.4, -0.2) is 50.2 Å². The van der Waals surface area contributed by atoms with Crippen LogP contribution in [0.25, 0.3) is 0 Å². The van der Waals surface area contributed by atoms with Gasteiger partial charge in [0.1, 0.15) is 0 Å².